The van der Waals surface area contributed by atoms with E-state index in [1.54, 1.807) is 11.8 Å². The van der Waals surface area contributed by atoms with Crippen LogP contribution in [-0.2, 0) is 43.2 Å². The molecule has 15 nitrogen and oxygen atoms in total. The number of likely N-dealkylation sites (tertiary alicyclic amines) is 2. The summed E-state index contributed by atoms with van der Waals surface area (Å²) in [5.74, 6) is 6.73. The van der Waals surface area contributed by atoms with Gasteiger partial charge in [0, 0.05) is 80.4 Å². The number of hydrogen-bond donors (Lipinski definition) is 0. The summed E-state index contributed by atoms with van der Waals surface area (Å²) in [7, 11) is 0. The summed E-state index contributed by atoms with van der Waals surface area (Å²) < 4.78 is 0. The normalized spacial score (nSPS) is 18.7. The van der Waals surface area contributed by atoms with Crippen molar-refractivity contribution in [2.24, 2.45) is 59.2 Å². The first-order valence-electron chi connectivity index (χ1n) is 65.9. The molecular formula is C135H240N6O9. The van der Waals surface area contributed by atoms with Crippen LogP contribution in [0.5, 0.6) is 0 Å². The van der Waals surface area contributed by atoms with Gasteiger partial charge in [-0.25, -0.2) is 0 Å². The van der Waals surface area contributed by atoms with Gasteiger partial charge in [-0.05, 0) is 150 Å². The molecule has 0 aromatic rings. The van der Waals surface area contributed by atoms with Crippen LogP contribution < -0.4 is 0 Å². The lowest BCUT2D eigenvalue weighted by molar-refractivity contribution is -0.143. The molecule has 12 unspecified atom stereocenters. The molecule has 0 aromatic carbocycles. The van der Waals surface area contributed by atoms with Gasteiger partial charge in [0.15, 0.2) is 0 Å². The zero-order valence-electron chi connectivity index (χ0n) is 100. The van der Waals surface area contributed by atoms with Gasteiger partial charge in [0.2, 0.25) is 23.6 Å². The molecule has 0 bridgehead atoms. The molecule has 864 valence electrons. The third-order valence-corrected chi connectivity index (χ3v) is 36.6. The third kappa shape index (κ3) is 57.1. The fourth-order valence-electron chi connectivity index (χ4n) is 27.2. The van der Waals surface area contributed by atoms with E-state index in [4.69, 9.17) is 0 Å². The number of carbonyl (C=O) groups is 9. The molecule has 150 heavy (non-hydrogen) atoms. The van der Waals surface area contributed by atoms with Gasteiger partial charge >= 0.3 is 0 Å². The lowest BCUT2D eigenvalue weighted by Crippen LogP contribution is -2.46. The van der Waals surface area contributed by atoms with Gasteiger partial charge in [0.25, 0.3) is 29.5 Å². The minimum absolute atomic E-state index is 0.0502. The number of unbranched alkanes of at least 4 members (excludes halogenated alkanes) is 60. The predicted molar refractivity (Wildman–Crippen MR) is 637 cm³/mol. The van der Waals surface area contributed by atoms with Crippen molar-refractivity contribution < 1.29 is 43.2 Å². The molecule has 0 radical (unpaired) electrons. The minimum Gasteiger partial charge on any atom is -0.330 e. The molecule has 5 aliphatic rings. The molecule has 1 aliphatic carbocycles. The van der Waals surface area contributed by atoms with Crippen LogP contribution in [-0.4, -0.2) is 134 Å². The standard InChI is InChI=1S/C135H240N6O9/c1-14-20-26-32-37-53-71-88-117(90-73-55-39-45-64-82-106-138(134(149)113(9)10)126-111-132(147)141(135(126)150)109-85-67-50-43-60-77-95-122(115(12)87-69-52-35-29-23-17-4)118(89-72-54-38-33-27-21-15-2)91-74-56-40-46-65-83-107-139-127(142)100-101-128(139)143)121(114(11)86-68-51-34-28-22-16-3)94-76-59-42-49-63-81-105-137(133(148)112(7)8)125-110-131(146)136(116(125)13)104-80-62-48-44-61-79-97-124-120(93-75-57-41-47-66-84-108-140-129(144)102-103-130(140)145)99-98-119(92-70-31-25-19-6)123(124)96-78-58-36-30-24-18-5/h100-103,114-115,117-126H,7,9,13-99,104-111H2,1-6,8,10-12H3. The topological polar surface area (TPSA) is 173 Å². The van der Waals surface area contributed by atoms with Crippen molar-refractivity contribution in [2.75, 3.05) is 39.3 Å². The van der Waals surface area contributed by atoms with E-state index in [9.17, 15) is 43.2 Å². The summed E-state index contributed by atoms with van der Waals surface area (Å²) in [4.78, 5) is 128. The Labute approximate surface area is 925 Å². The number of nitrogens with zero attached hydrogens (tertiary/aromatic N) is 6. The summed E-state index contributed by atoms with van der Waals surface area (Å²) in [6.45, 7) is 38.7. The summed E-state index contributed by atoms with van der Waals surface area (Å²) in [5.41, 5.74) is 1.73. The Kier molecular flexibility index (Phi) is 78.7. The van der Waals surface area contributed by atoms with Gasteiger partial charge < -0.3 is 14.7 Å². The lowest BCUT2D eigenvalue weighted by Gasteiger charge is -2.44. The van der Waals surface area contributed by atoms with E-state index in [0.29, 0.717) is 62.8 Å². The van der Waals surface area contributed by atoms with E-state index in [-0.39, 0.29) is 65.6 Å². The van der Waals surface area contributed by atoms with Crippen LogP contribution in [0.15, 0.2) is 60.9 Å². The molecule has 2 saturated heterocycles. The molecule has 0 N–H and O–H groups in total. The van der Waals surface area contributed by atoms with Gasteiger partial charge in [-0.1, -0.05) is 550 Å². The molecule has 9 amide bonds. The Morgan fingerprint density at radius 2 is 0.507 bits per heavy atom. The largest absolute Gasteiger partial charge is 0.330 e. The Bertz CT molecular complexity index is 3600. The SMILES string of the molecule is C=C(C)C(=O)N(CCCCCCCCC(C(C)CCCCCCCC)C(CCCCCCCCC)CCCCCCCCN(C(=O)C(=C)C)C1CC(=O)N(CCCCCCCCC(C(C)CCCCCCCC)C(CCCCCCCCC)CCCCCCCCN2C(=O)C=CC2=O)C1=O)C1CC(=O)N(CCCCCCCCC2C(CCCCCCCCN3C(=O)C=CC3=O)CCC(CCCCCC)C2CCCCCCCC)C1=C. The maximum absolute atomic E-state index is 14.3. The highest BCUT2D eigenvalue weighted by Crippen LogP contribution is 2.49. The molecular weight excluding hydrogens is 1850 g/mol. The lowest BCUT2D eigenvalue weighted by atomic mass is 9.61. The highest BCUT2D eigenvalue weighted by atomic mass is 16.2. The van der Waals surface area contributed by atoms with Crippen LogP contribution in [0, 0.1) is 59.2 Å². The van der Waals surface area contributed by atoms with Crippen molar-refractivity contribution in [3.63, 3.8) is 0 Å². The van der Waals surface area contributed by atoms with Crippen LogP contribution in [0.25, 0.3) is 0 Å². The average Bonchev–Trinajstić information content (AvgIpc) is 1.66. The molecule has 0 spiro atoms. The molecule has 12 atom stereocenters. The van der Waals surface area contributed by atoms with E-state index < -0.39 is 6.04 Å². The zero-order chi connectivity index (χ0) is 109. The Morgan fingerprint density at radius 3 is 0.813 bits per heavy atom. The molecule has 4 aliphatic heterocycles. The van der Waals surface area contributed by atoms with Crippen LogP contribution in [0.1, 0.15) is 634 Å². The first kappa shape index (κ1) is 135. The van der Waals surface area contributed by atoms with Crippen LogP contribution in [0.4, 0.5) is 0 Å². The van der Waals surface area contributed by atoms with Gasteiger partial charge in [-0.3, -0.25) is 57.9 Å². The maximum atomic E-state index is 14.3. The second-order valence-corrected chi connectivity index (χ2v) is 49.3. The molecule has 3 fully saturated rings. The summed E-state index contributed by atoms with van der Waals surface area (Å²) in [6.07, 6.45) is 115. The molecule has 4 heterocycles. The summed E-state index contributed by atoms with van der Waals surface area (Å²) in [6, 6.07) is -1.06. The zero-order valence-corrected chi connectivity index (χ0v) is 100. The van der Waals surface area contributed by atoms with Gasteiger partial charge in [0.05, 0.1) is 18.9 Å². The number of carbonyl (C=O) groups excluding carboxylic acids is 9. The maximum Gasteiger partial charge on any atom is 0.253 e. The molecule has 0 aromatic heterocycles. The van der Waals surface area contributed by atoms with Crippen molar-refractivity contribution in [2.45, 2.75) is 646 Å². The van der Waals surface area contributed by atoms with Crippen molar-refractivity contribution in [3.8, 4) is 0 Å². The third-order valence-electron chi connectivity index (χ3n) is 36.6. The second-order valence-electron chi connectivity index (χ2n) is 49.3. The fraction of sp³-hybridized carbons (Fsp3) is 0.859. The monoisotopic (exact) mass is 2090 g/mol. The fourth-order valence-corrected chi connectivity index (χ4v) is 27.2. The summed E-state index contributed by atoms with van der Waals surface area (Å²) >= 11 is 0. The Balaban J connectivity index is 1.08. The minimum atomic E-state index is -0.752. The van der Waals surface area contributed by atoms with Crippen LogP contribution in [0.2, 0.25) is 0 Å². The smallest absolute Gasteiger partial charge is 0.253 e. The Hall–Kier alpha value is -5.47. The van der Waals surface area contributed by atoms with Crippen LogP contribution >= 0.6 is 0 Å². The predicted octanol–water partition coefficient (Wildman–Crippen LogP) is 37.8. The van der Waals surface area contributed by atoms with Crippen molar-refractivity contribution in [1.82, 2.24) is 29.4 Å². The molecule has 15 heteroatoms. The number of rotatable bonds is 104. The van der Waals surface area contributed by atoms with Gasteiger partial charge in [-0.15, -0.1) is 0 Å². The molecule has 5 rings (SSSR count). The Morgan fingerprint density at radius 1 is 0.280 bits per heavy atom. The first-order valence-corrected chi connectivity index (χ1v) is 65.9. The van der Waals surface area contributed by atoms with Crippen molar-refractivity contribution in [3.05, 3.63) is 60.9 Å². The average molecular weight is 2090 g/mol. The van der Waals surface area contributed by atoms with E-state index in [2.05, 4.69) is 75.1 Å². The summed E-state index contributed by atoms with van der Waals surface area (Å²) in [5, 5.41) is 0. The number of hydrogen-bond acceptors (Lipinski definition) is 9. The highest BCUT2D eigenvalue weighted by Gasteiger charge is 2.45. The van der Waals surface area contributed by atoms with Gasteiger partial charge in [-0.2, -0.15) is 0 Å². The number of imide groups is 3. The van der Waals surface area contributed by atoms with Gasteiger partial charge in [0.1, 0.15) is 6.04 Å². The quantitative estimate of drug-likeness (QED) is 0.0326. The van der Waals surface area contributed by atoms with E-state index in [1.165, 1.54) is 488 Å². The van der Waals surface area contributed by atoms with Crippen LogP contribution in [0.3, 0.4) is 0 Å². The number of amides is 9. The van der Waals surface area contributed by atoms with E-state index in [0.717, 1.165) is 162 Å². The molecule has 1 saturated carbocycles. The van der Waals surface area contributed by atoms with Crippen molar-refractivity contribution in [1.29, 1.82) is 0 Å². The first-order chi connectivity index (χ1) is 73.1. The van der Waals surface area contributed by atoms with E-state index >= 15 is 0 Å². The second kappa shape index (κ2) is 87.5. The van der Waals surface area contributed by atoms with Crippen molar-refractivity contribution >= 4 is 53.2 Å². The highest BCUT2D eigenvalue weighted by molar-refractivity contribution is 6.13. The van der Waals surface area contributed by atoms with E-state index in [1.807, 2.05) is 16.7 Å².